The molecular formula is C20H19F3N4O3. The molecule has 4 amide bonds. The van der Waals surface area contributed by atoms with E-state index >= 15 is 0 Å². The van der Waals surface area contributed by atoms with Crippen LogP contribution in [0.1, 0.15) is 32.8 Å². The maximum absolute atomic E-state index is 13.3. The number of halogens is 3. The number of urea groups is 1. The molecule has 0 aromatic heterocycles. The first-order chi connectivity index (χ1) is 13.9. The molecule has 0 aliphatic carbocycles. The third kappa shape index (κ3) is 2.75. The Morgan fingerprint density at radius 1 is 1.20 bits per heavy atom. The minimum absolute atomic E-state index is 0.130. The lowest BCUT2D eigenvalue weighted by Gasteiger charge is -2.37. The van der Waals surface area contributed by atoms with Crippen molar-refractivity contribution in [3.63, 3.8) is 0 Å². The van der Waals surface area contributed by atoms with Gasteiger partial charge < -0.3 is 9.80 Å². The highest BCUT2D eigenvalue weighted by Crippen LogP contribution is 2.45. The monoisotopic (exact) mass is 420 g/mol. The summed E-state index contributed by atoms with van der Waals surface area (Å²) in [4.78, 5) is 45.4. The second-order valence-electron chi connectivity index (χ2n) is 8.78. The fraction of sp³-hybridized carbons (Fsp3) is 0.500. The number of imide groups is 1. The second-order valence-corrected chi connectivity index (χ2v) is 8.78. The predicted molar refractivity (Wildman–Crippen MR) is 99.6 cm³/mol. The number of likely N-dealkylation sites (tertiary alicyclic amines) is 1. The summed E-state index contributed by atoms with van der Waals surface area (Å²) in [5, 5.41) is 0. The van der Waals surface area contributed by atoms with Crippen molar-refractivity contribution < 1.29 is 27.6 Å². The number of alkyl halides is 3. The topological polar surface area (TPSA) is 65.3 Å². The Morgan fingerprint density at radius 3 is 2.43 bits per heavy atom. The fourth-order valence-corrected chi connectivity index (χ4v) is 4.55. The highest BCUT2D eigenvalue weighted by molar-refractivity contribution is 6.22. The fourth-order valence-electron chi connectivity index (χ4n) is 4.55. The molecule has 3 fully saturated rings. The zero-order valence-electron chi connectivity index (χ0n) is 16.5. The van der Waals surface area contributed by atoms with Gasteiger partial charge in [0.2, 0.25) is 5.91 Å². The van der Waals surface area contributed by atoms with Gasteiger partial charge in [-0.15, -0.1) is 0 Å². The zero-order valence-corrected chi connectivity index (χ0v) is 16.5. The van der Waals surface area contributed by atoms with E-state index in [1.807, 2.05) is 0 Å². The Morgan fingerprint density at radius 2 is 1.87 bits per heavy atom. The minimum atomic E-state index is -4.80. The third-order valence-electron chi connectivity index (χ3n) is 5.83. The van der Waals surface area contributed by atoms with Crippen molar-refractivity contribution in [3.05, 3.63) is 35.2 Å². The van der Waals surface area contributed by atoms with Crippen LogP contribution in [0.4, 0.5) is 29.3 Å². The van der Waals surface area contributed by atoms with Crippen molar-refractivity contribution in [2.75, 3.05) is 11.4 Å². The van der Waals surface area contributed by atoms with E-state index in [1.165, 1.54) is 11.0 Å². The molecule has 10 heteroatoms. The summed E-state index contributed by atoms with van der Waals surface area (Å²) < 4.78 is 40.0. The van der Waals surface area contributed by atoms with E-state index in [4.69, 9.17) is 6.57 Å². The van der Waals surface area contributed by atoms with Crippen LogP contribution >= 0.6 is 0 Å². The summed E-state index contributed by atoms with van der Waals surface area (Å²) in [5.74, 6) is -0.781. The number of hydrogen-bond donors (Lipinski definition) is 0. The normalized spacial score (nSPS) is 25.8. The predicted octanol–water partition coefficient (Wildman–Crippen LogP) is 3.42. The van der Waals surface area contributed by atoms with Crippen LogP contribution in [0.15, 0.2) is 18.2 Å². The van der Waals surface area contributed by atoms with E-state index in [0.29, 0.717) is 19.0 Å². The van der Waals surface area contributed by atoms with Gasteiger partial charge in [0, 0.05) is 12.0 Å². The summed E-state index contributed by atoms with van der Waals surface area (Å²) in [6.07, 6.45) is -4.32. The van der Waals surface area contributed by atoms with Crippen molar-refractivity contribution >= 4 is 29.2 Å². The maximum Gasteiger partial charge on any atom is 0.407 e. The number of carbonyl (C=O) groups excluding carboxylic acids is 3. The minimum Gasteiger partial charge on any atom is -0.334 e. The third-order valence-corrected chi connectivity index (χ3v) is 5.83. The van der Waals surface area contributed by atoms with Gasteiger partial charge in [0.1, 0.15) is 6.04 Å². The first-order valence-electron chi connectivity index (χ1n) is 9.42. The number of hydrogen-bond acceptors (Lipinski definition) is 3. The SMILES string of the molecule is [C-]#[N+]c1ccc(N2C(=O)[C@H]3[C@H]4CC(CN4C(=O)C(C)(C)C)N3C2=O)cc1C(F)(F)F. The number of carbonyl (C=O) groups is 3. The van der Waals surface area contributed by atoms with Crippen LogP contribution in [0.5, 0.6) is 0 Å². The number of piperazine rings is 1. The van der Waals surface area contributed by atoms with Gasteiger partial charge in [-0.3, -0.25) is 9.59 Å². The molecule has 3 saturated heterocycles. The molecule has 1 unspecified atom stereocenters. The summed E-state index contributed by atoms with van der Waals surface area (Å²) in [6, 6.07) is 0.344. The molecule has 2 bridgehead atoms. The van der Waals surface area contributed by atoms with E-state index in [1.54, 1.807) is 25.7 Å². The van der Waals surface area contributed by atoms with E-state index in [2.05, 4.69) is 4.85 Å². The van der Waals surface area contributed by atoms with E-state index in [0.717, 1.165) is 11.0 Å². The van der Waals surface area contributed by atoms with Crippen LogP contribution in [0.25, 0.3) is 4.85 Å². The lowest BCUT2D eigenvalue weighted by molar-refractivity contribution is -0.143. The van der Waals surface area contributed by atoms with Gasteiger partial charge in [-0.2, -0.15) is 13.2 Å². The Labute approximate surface area is 170 Å². The Kier molecular flexibility index (Phi) is 4.18. The van der Waals surface area contributed by atoms with E-state index in [9.17, 15) is 27.6 Å². The number of amides is 4. The van der Waals surface area contributed by atoms with Crippen LogP contribution in [-0.4, -0.2) is 52.3 Å². The van der Waals surface area contributed by atoms with Gasteiger partial charge >= 0.3 is 12.2 Å². The van der Waals surface area contributed by atoms with Crippen molar-refractivity contribution in [1.29, 1.82) is 0 Å². The van der Waals surface area contributed by atoms with Crippen molar-refractivity contribution in [3.8, 4) is 0 Å². The largest absolute Gasteiger partial charge is 0.407 e. The molecule has 4 rings (SSSR count). The Bertz CT molecular complexity index is 1010. The molecule has 3 aliphatic rings. The maximum atomic E-state index is 13.3. The second kappa shape index (κ2) is 6.20. The molecule has 1 aromatic rings. The summed E-state index contributed by atoms with van der Waals surface area (Å²) >= 11 is 0. The summed E-state index contributed by atoms with van der Waals surface area (Å²) in [5.41, 5.74) is -2.69. The molecule has 0 radical (unpaired) electrons. The molecule has 0 spiro atoms. The summed E-state index contributed by atoms with van der Waals surface area (Å²) in [6.45, 7) is 12.5. The van der Waals surface area contributed by atoms with Gasteiger partial charge in [-0.1, -0.05) is 26.8 Å². The van der Waals surface area contributed by atoms with Crippen molar-refractivity contribution in [2.24, 2.45) is 5.41 Å². The van der Waals surface area contributed by atoms with Crippen LogP contribution in [-0.2, 0) is 15.8 Å². The highest BCUT2D eigenvalue weighted by atomic mass is 19.4. The number of fused-ring (bicyclic) bond motifs is 5. The first-order valence-corrected chi connectivity index (χ1v) is 9.42. The lowest BCUT2D eigenvalue weighted by Crippen LogP contribution is -2.56. The average molecular weight is 420 g/mol. The molecule has 3 atom stereocenters. The molecule has 3 heterocycles. The number of anilines is 1. The number of rotatable bonds is 1. The van der Waals surface area contributed by atoms with Gasteiger partial charge in [0.25, 0.3) is 5.91 Å². The van der Waals surface area contributed by atoms with Gasteiger partial charge in [0.05, 0.1) is 29.9 Å². The van der Waals surface area contributed by atoms with Gasteiger partial charge in [-0.05, 0) is 18.6 Å². The Hall–Kier alpha value is -3.09. The molecule has 3 aliphatic heterocycles. The molecule has 0 N–H and O–H groups in total. The molecule has 30 heavy (non-hydrogen) atoms. The van der Waals surface area contributed by atoms with Gasteiger partial charge in [-0.25, -0.2) is 14.5 Å². The van der Waals surface area contributed by atoms with E-state index in [-0.39, 0.29) is 17.6 Å². The number of benzene rings is 1. The molecule has 7 nitrogen and oxygen atoms in total. The quantitative estimate of drug-likeness (QED) is 0.517. The Balaban J connectivity index is 1.69. The van der Waals surface area contributed by atoms with Crippen LogP contribution in [0.2, 0.25) is 0 Å². The average Bonchev–Trinajstić information content (AvgIpc) is 3.30. The molecule has 0 saturated carbocycles. The molecule has 1 aromatic carbocycles. The van der Waals surface area contributed by atoms with Crippen molar-refractivity contribution in [1.82, 2.24) is 9.80 Å². The number of nitrogens with zero attached hydrogens (tertiary/aromatic N) is 4. The zero-order chi connectivity index (χ0) is 22.2. The summed E-state index contributed by atoms with van der Waals surface area (Å²) in [7, 11) is 0. The first kappa shape index (κ1) is 20.2. The molecule has 158 valence electrons. The van der Waals surface area contributed by atoms with Crippen LogP contribution < -0.4 is 4.90 Å². The van der Waals surface area contributed by atoms with Crippen LogP contribution in [0.3, 0.4) is 0 Å². The van der Waals surface area contributed by atoms with E-state index < -0.39 is 46.9 Å². The van der Waals surface area contributed by atoms with Crippen LogP contribution in [0, 0.1) is 12.0 Å². The highest BCUT2D eigenvalue weighted by Gasteiger charge is 2.63. The van der Waals surface area contributed by atoms with Gasteiger partial charge in [0.15, 0.2) is 5.69 Å². The smallest absolute Gasteiger partial charge is 0.334 e. The lowest BCUT2D eigenvalue weighted by atomic mass is 9.93. The standard InChI is InChI=1S/C20H19F3N4O3/c1-19(2,3)17(29)25-9-11-8-14(25)15-16(28)27(18(30)26(11)15)10-5-6-13(24-4)12(7-10)20(21,22)23/h5-7,11,14-15H,8-9H2,1-3H3/t11?,14-,15-/m1/s1. The van der Waals surface area contributed by atoms with Crippen molar-refractivity contribution in [2.45, 2.75) is 51.5 Å². The molecular weight excluding hydrogens is 401 g/mol.